The lowest BCUT2D eigenvalue weighted by atomic mass is 10.2. The number of benzene rings is 2. The molecule has 2 aromatic carbocycles. The van der Waals surface area contributed by atoms with Crippen LogP contribution in [0.5, 0.6) is 11.5 Å². The normalized spacial score (nSPS) is 10.2. The Kier molecular flexibility index (Phi) is 5.17. The first-order chi connectivity index (χ1) is 10.1. The fraction of sp³-hybridized carbons (Fsp3) is 0.250. The van der Waals surface area contributed by atoms with Crippen molar-refractivity contribution in [3.05, 3.63) is 41.4 Å². The molecule has 0 unspecified atom stereocenters. The van der Waals surface area contributed by atoms with Crippen LogP contribution in [0, 0.1) is 0 Å². The number of methoxy groups -OCH3 is 1. The molecule has 5 heteroatoms. The number of rotatable bonds is 6. The van der Waals surface area contributed by atoms with Gasteiger partial charge in [0.1, 0.15) is 11.5 Å². The fourth-order valence-corrected chi connectivity index (χ4v) is 2.04. The number of nitrogens with one attached hydrogen (secondary N) is 1. The highest BCUT2D eigenvalue weighted by Crippen LogP contribution is 2.31. The molecule has 2 aromatic rings. The summed E-state index contributed by atoms with van der Waals surface area (Å²) in [6.45, 7) is 2.71. The SMILES string of the molecule is CCCOc1cc(N)cc(Nc2cc(OC)ccc2Cl)c1. The Morgan fingerprint density at radius 1 is 1.14 bits per heavy atom. The van der Waals surface area contributed by atoms with E-state index in [-0.39, 0.29) is 0 Å². The van der Waals surface area contributed by atoms with Gasteiger partial charge in [-0.15, -0.1) is 0 Å². The Hall–Kier alpha value is -2.07. The van der Waals surface area contributed by atoms with E-state index in [1.54, 1.807) is 19.2 Å². The van der Waals surface area contributed by atoms with E-state index in [9.17, 15) is 0 Å². The van der Waals surface area contributed by atoms with E-state index < -0.39 is 0 Å². The van der Waals surface area contributed by atoms with Crippen LogP contribution in [0.25, 0.3) is 0 Å². The summed E-state index contributed by atoms with van der Waals surface area (Å²) in [5.41, 5.74) is 8.10. The zero-order valence-electron chi connectivity index (χ0n) is 12.2. The van der Waals surface area contributed by atoms with Gasteiger partial charge in [-0.05, 0) is 24.6 Å². The highest BCUT2D eigenvalue weighted by Gasteiger charge is 2.05. The van der Waals surface area contributed by atoms with Crippen LogP contribution < -0.4 is 20.5 Å². The fourth-order valence-electron chi connectivity index (χ4n) is 1.88. The predicted octanol–water partition coefficient (Wildman–Crippen LogP) is 4.46. The number of ether oxygens (including phenoxy) is 2. The van der Waals surface area contributed by atoms with Crippen molar-refractivity contribution in [3.63, 3.8) is 0 Å². The van der Waals surface area contributed by atoms with E-state index in [4.69, 9.17) is 26.8 Å². The predicted molar refractivity (Wildman–Crippen MR) is 87.9 cm³/mol. The third-order valence-electron chi connectivity index (χ3n) is 2.85. The second-order valence-electron chi connectivity index (χ2n) is 4.61. The third-order valence-corrected chi connectivity index (χ3v) is 3.18. The van der Waals surface area contributed by atoms with Crippen molar-refractivity contribution in [1.29, 1.82) is 0 Å². The summed E-state index contributed by atoms with van der Waals surface area (Å²) in [6.07, 6.45) is 0.944. The van der Waals surface area contributed by atoms with E-state index >= 15 is 0 Å². The lowest BCUT2D eigenvalue weighted by molar-refractivity contribution is 0.318. The van der Waals surface area contributed by atoms with Crippen LogP contribution in [-0.2, 0) is 0 Å². The van der Waals surface area contributed by atoms with Gasteiger partial charge in [0.15, 0.2) is 0 Å². The molecule has 0 aliphatic heterocycles. The second-order valence-corrected chi connectivity index (χ2v) is 5.02. The van der Waals surface area contributed by atoms with E-state index in [0.29, 0.717) is 17.3 Å². The minimum Gasteiger partial charge on any atom is -0.497 e. The molecule has 4 nitrogen and oxygen atoms in total. The van der Waals surface area contributed by atoms with Gasteiger partial charge < -0.3 is 20.5 Å². The molecular weight excluding hydrogens is 288 g/mol. The van der Waals surface area contributed by atoms with Gasteiger partial charge in [-0.2, -0.15) is 0 Å². The van der Waals surface area contributed by atoms with Gasteiger partial charge in [0, 0.05) is 29.6 Å². The van der Waals surface area contributed by atoms with Crippen LogP contribution >= 0.6 is 11.6 Å². The van der Waals surface area contributed by atoms with Crippen LogP contribution in [0.2, 0.25) is 5.02 Å². The maximum Gasteiger partial charge on any atom is 0.123 e. The largest absolute Gasteiger partial charge is 0.497 e. The smallest absolute Gasteiger partial charge is 0.123 e. The first-order valence-corrected chi connectivity index (χ1v) is 7.14. The molecule has 0 atom stereocenters. The molecule has 0 aliphatic rings. The zero-order valence-corrected chi connectivity index (χ0v) is 12.9. The molecule has 0 amide bonds. The van der Waals surface area contributed by atoms with Crippen LogP contribution in [0.1, 0.15) is 13.3 Å². The molecule has 0 aromatic heterocycles. The Morgan fingerprint density at radius 2 is 1.95 bits per heavy atom. The average Bonchev–Trinajstić information content (AvgIpc) is 2.47. The van der Waals surface area contributed by atoms with Gasteiger partial charge in [-0.3, -0.25) is 0 Å². The van der Waals surface area contributed by atoms with Crippen LogP contribution in [-0.4, -0.2) is 13.7 Å². The molecule has 0 aliphatic carbocycles. The summed E-state index contributed by atoms with van der Waals surface area (Å²) >= 11 is 6.19. The average molecular weight is 307 g/mol. The van der Waals surface area contributed by atoms with E-state index in [2.05, 4.69) is 12.2 Å². The molecule has 0 fully saturated rings. The second kappa shape index (κ2) is 7.09. The van der Waals surface area contributed by atoms with Gasteiger partial charge in [0.2, 0.25) is 0 Å². The number of anilines is 3. The number of nitrogens with two attached hydrogens (primary N) is 1. The van der Waals surface area contributed by atoms with Gasteiger partial charge in [-0.1, -0.05) is 18.5 Å². The van der Waals surface area contributed by atoms with Crippen LogP contribution in [0.4, 0.5) is 17.1 Å². The monoisotopic (exact) mass is 306 g/mol. The van der Waals surface area contributed by atoms with Gasteiger partial charge >= 0.3 is 0 Å². The van der Waals surface area contributed by atoms with Crippen molar-refractivity contribution < 1.29 is 9.47 Å². The molecule has 0 heterocycles. The summed E-state index contributed by atoms with van der Waals surface area (Å²) in [6, 6.07) is 10.9. The Bertz CT molecular complexity index is 617. The Morgan fingerprint density at radius 3 is 2.67 bits per heavy atom. The maximum atomic E-state index is 6.19. The molecular formula is C16H19ClN2O2. The molecule has 0 spiro atoms. The van der Waals surface area contributed by atoms with E-state index in [1.165, 1.54) is 0 Å². The quantitative estimate of drug-likeness (QED) is 0.773. The Balaban J connectivity index is 2.24. The summed E-state index contributed by atoms with van der Waals surface area (Å²) in [5, 5.41) is 3.84. The summed E-state index contributed by atoms with van der Waals surface area (Å²) in [4.78, 5) is 0. The summed E-state index contributed by atoms with van der Waals surface area (Å²) < 4.78 is 10.8. The third kappa shape index (κ3) is 4.20. The molecule has 0 saturated heterocycles. The molecule has 112 valence electrons. The molecule has 2 rings (SSSR count). The highest BCUT2D eigenvalue weighted by molar-refractivity contribution is 6.33. The topological polar surface area (TPSA) is 56.5 Å². The minimum atomic E-state index is 0.606. The van der Waals surface area contributed by atoms with Gasteiger partial charge in [0.05, 0.1) is 24.4 Å². The van der Waals surface area contributed by atoms with Crippen LogP contribution in [0.15, 0.2) is 36.4 Å². The van der Waals surface area contributed by atoms with Crippen molar-refractivity contribution in [3.8, 4) is 11.5 Å². The molecule has 21 heavy (non-hydrogen) atoms. The standard InChI is InChI=1S/C16H19ClN2O2/c1-3-6-21-14-8-11(18)7-12(9-14)19-16-10-13(20-2)4-5-15(16)17/h4-5,7-10,19H,3,6,18H2,1-2H3. The first-order valence-electron chi connectivity index (χ1n) is 6.76. The lowest BCUT2D eigenvalue weighted by Crippen LogP contribution is -1.99. The van der Waals surface area contributed by atoms with Gasteiger partial charge in [-0.25, -0.2) is 0 Å². The summed E-state index contributed by atoms with van der Waals surface area (Å²) in [7, 11) is 1.62. The first kappa shape index (κ1) is 15.3. The number of hydrogen-bond acceptors (Lipinski definition) is 4. The van der Waals surface area contributed by atoms with Crippen molar-refractivity contribution in [2.24, 2.45) is 0 Å². The minimum absolute atomic E-state index is 0.606. The van der Waals surface area contributed by atoms with Crippen molar-refractivity contribution in [2.75, 3.05) is 24.8 Å². The van der Waals surface area contributed by atoms with E-state index in [1.807, 2.05) is 24.3 Å². The number of halogens is 1. The highest BCUT2D eigenvalue weighted by atomic mass is 35.5. The Labute approximate surface area is 129 Å². The molecule has 0 radical (unpaired) electrons. The molecule has 0 bridgehead atoms. The lowest BCUT2D eigenvalue weighted by Gasteiger charge is -2.13. The number of hydrogen-bond donors (Lipinski definition) is 2. The van der Waals surface area contributed by atoms with Crippen LogP contribution in [0.3, 0.4) is 0 Å². The van der Waals surface area contributed by atoms with Crippen molar-refractivity contribution >= 4 is 28.7 Å². The zero-order chi connectivity index (χ0) is 15.2. The molecule has 3 N–H and O–H groups in total. The van der Waals surface area contributed by atoms with Crippen molar-refractivity contribution in [2.45, 2.75) is 13.3 Å². The summed E-state index contributed by atoms with van der Waals surface area (Å²) in [5.74, 6) is 1.46. The number of nitrogen functional groups attached to an aromatic ring is 1. The van der Waals surface area contributed by atoms with Gasteiger partial charge in [0.25, 0.3) is 0 Å². The molecule has 0 saturated carbocycles. The maximum absolute atomic E-state index is 6.19. The van der Waals surface area contributed by atoms with E-state index in [0.717, 1.165) is 29.3 Å². The van der Waals surface area contributed by atoms with Crippen molar-refractivity contribution in [1.82, 2.24) is 0 Å².